The number of hydrogen-bond acceptors (Lipinski definition) is 7. The average Bonchev–Trinajstić information content (AvgIpc) is 3.64. The molecule has 1 amide bonds. The van der Waals surface area contributed by atoms with Gasteiger partial charge < -0.3 is 9.64 Å². The van der Waals surface area contributed by atoms with Gasteiger partial charge in [-0.3, -0.25) is 14.2 Å². The number of ether oxygens (including phenoxy) is 1. The lowest BCUT2D eigenvalue weighted by Crippen LogP contribution is -2.41. The molecule has 2 aliphatic heterocycles. The molecular weight excluding hydrogens is 530 g/mol. The van der Waals surface area contributed by atoms with E-state index in [1.165, 1.54) is 22.7 Å². The Morgan fingerprint density at radius 2 is 1.77 bits per heavy atom. The van der Waals surface area contributed by atoms with Crippen molar-refractivity contribution in [1.82, 2.24) is 4.57 Å². The van der Waals surface area contributed by atoms with Crippen LogP contribution in [0.5, 0.6) is 0 Å². The van der Waals surface area contributed by atoms with Gasteiger partial charge in [0.05, 0.1) is 29.1 Å². The number of benzene rings is 2. The number of hydrogen-bond donors (Lipinski definition) is 0. The lowest BCUT2D eigenvalue weighted by molar-refractivity contribution is -0.138. The van der Waals surface area contributed by atoms with Gasteiger partial charge in [-0.05, 0) is 38.3 Å². The highest BCUT2D eigenvalue weighted by atomic mass is 32.1. The zero-order valence-electron chi connectivity index (χ0n) is 21.6. The largest absolute Gasteiger partial charge is 0.463 e. The monoisotopic (exact) mass is 555 g/mol. The van der Waals surface area contributed by atoms with Gasteiger partial charge in [0.2, 0.25) is 0 Å². The second kappa shape index (κ2) is 9.91. The van der Waals surface area contributed by atoms with Crippen LogP contribution in [0.4, 0.5) is 5.69 Å². The molecule has 1 atom stereocenters. The first-order valence-corrected chi connectivity index (χ1v) is 14.4. The number of esters is 1. The minimum absolute atomic E-state index is 0.0844. The quantitative estimate of drug-likeness (QED) is 0.347. The van der Waals surface area contributed by atoms with E-state index in [0.29, 0.717) is 26.2 Å². The minimum atomic E-state index is -0.738. The van der Waals surface area contributed by atoms with Gasteiger partial charge in [-0.1, -0.05) is 65.9 Å². The van der Waals surface area contributed by atoms with Crippen LogP contribution >= 0.6 is 22.7 Å². The number of anilines is 1. The summed E-state index contributed by atoms with van der Waals surface area (Å²) in [6.45, 7) is 5.84. The molecule has 0 fully saturated rings. The molecule has 0 aliphatic carbocycles. The summed E-state index contributed by atoms with van der Waals surface area (Å²) in [5.74, 6) is -0.734. The van der Waals surface area contributed by atoms with Gasteiger partial charge in [-0.25, -0.2) is 9.79 Å². The molecule has 0 saturated carbocycles. The highest BCUT2D eigenvalue weighted by Gasteiger charge is 2.39. The van der Waals surface area contributed by atoms with Gasteiger partial charge in [0.1, 0.15) is 10.6 Å². The molecule has 0 saturated heterocycles. The van der Waals surface area contributed by atoms with E-state index in [9.17, 15) is 14.4 Å². The Morgan fingerprint density at radius 3 is 2.46 bits per heavy atom. The summed E-state index contributed by atoms with van der Waals surface area (Å²) in [7, 11) is 0. The molecule has 196 valence electrons. The highest BCUT2D eigenvalue weighted by molar-refractivity contribution is 7.10. The molecule has 0 N–H and O–H groups in total. The van der Waals surface area contributed by atoms with Gasteiger partial charge in [0.15, 0.2) is 4.80 Å². The number of para-hydroxylation sites is 1. The van der Waals surface area contributed by atoms with E-state index in [0.717, 1.165) is 21.7 Å². The van der Waals surface area contributed by atoms with Crippen molar-refractivity contribution in [2.24, 2.45) is 4.99 Å². The molecule has 4 aromatic rings. The third-order valence-corrected chi connectivity index (χ3v) is 8.75. The van der Waals surface area contributed by atoms with Gasteiger partial charge >= 0.3 is 5.97 Å². The van der Waals surface area contributed by atoms with Gasteiger partial charge in [-0.15, -0.1) is 11.3 Å². The Hall–Kier alpha value is -4.08. The molecule has 0 radical (unpaired) electrons. The van der Waals surface area contributed by atoms with Crippen molar-refractivity contribution in [3.63, 3.8) is 0 Å². The standard InChI is InChI=1S/C30H25N3O4S2/c1-4-37-29(36)23-24(18-11-6-5-7-12-18)31-30-33(25(23)21-15-10-16-38-21)28(35)26(39-30)22-19-13-8-9-14-20(19)32(17(2)3)27(22)34/h5-17,25H,4H2,1-3H3/b26-22+/t25-/m0/s1. The Bertz CT molecular complexity index is 1820. The summed E-state index contributed by atoms with van der Waals surface area (Å²) in [5.41, 5.74) is 3.04. The van der Waals surface area contributed by atoms with Crippen LogP contribution in [-0.2, 0) is 14.3 Å². The minimum Gasteiger partial charge on any atom is -0.463 e. The molecular formula is C30H25N3O4S2. The lowest BCUT2D eigenvalue weighted by atomic mass is 9.97. The first-order chi connectivity index (χ1) is 18.9. The van der Waals surface area contributed by atoms with E-state index < -0.39 is 12.0 Å². The Balaban J connectivity index is 1.71. The average molecular weight is 556 g/mol. The number of carbonyl (C=O) groups excluding carboxylic acids is 2. The first kappa shape index (κ1) is 25.2. The molecule has 39 heavy (non-hydrogen) atoms. The van der Waals surface area contributed by atoms with E-state index in [4.69, 9.17) is 9.73 Å². The number of carbonyl (C=O) groups is 2. The highest BCUT2D eigenvalue weighted by Crippen LogP contribution is 2.38. The molecule has 2 aromatic carbocycles. The second-order valence-corrected chi connectivity index (χ2v) is 11.4. The van der Waals surface area contributed by atoms with Crippen LogP contribution in [0, 0.1) is 0 Å². The number of fused-ring (bicyclic) bond motifs is 2. The smallest absolute Gasteiger partial charge is 0.338 e. The van der Waals surface area contributed by atoms with E-state index in [1.807, 2.05) is 86.0 Å². The zero-order valence-corrected chi connectivity index (χ0v) is 23.2. The van der Waals surface area contributed by atoms with Crippen molar-refractivity contribution in [1.29, 1.82) is 0 Å². The summed E-state index contributed by atoms with van der Waals surface area (Å²) >= 11 is 2.64. The number of amides is 1. The molecule has 9 heteroatoms. The van der Waals surface area contributed by atoms with Gasteiger partial charge in [-0.2, -0.15) is 0 Å². The van der Waals surface area contributed by atoms with E-state index >= 15 is 0 Å². The molecule has 7 nitrogen and oxygen atoms in total. The lowest BCUT2D eigenvalue weighted by Gasteiger charge is -2.24. The van der Waals surface area contributed by atoms with Crippen LogP contribution in [0.2, 0.25) is 0 Å². The number of thiazole rings is 1. The molecule has 0 bridgehead atoms. The fraction of sp³-hybridized carbons (Fsp3) is 0.200. The Labute approximate surface area is 232 Å². The number of nitrogens with zero attached hydrogens (tertiary/aromatic N) is 3. The number of thiophene rings is 1. The molecule has 2 aliphatic rings. The van der Waals surface area contributed by atoms with Crippen LogP contribution in [0.15, 0.2) is 87.5 Å². The third-order valence-electron chi connectivity index (χ3n) is 6.77. The Kier molecular flexibility index (Phi) is 6.40. The van der Waals surface area contributed by atoms with Crippen molar-refractivity contribution in [2.75, 3.05) is 11.5 Å². The predicted octanol–water partition coefficient (Wildman–Crippen LogP) is 4.12. The van der Waals surface area contributed by atoms with E-state index in [2.05, 4.69) is 0 Å². The van der Waals surface area contributed by atoms with Gasteiger partial charge in [0, 0.05) is 22.0 Å². The molecule has 4 heterocycles. The first-order valence-electron chi connectivity index (χ1n) is 12.7. The third kappa shape index (κ3) is 4.00. The molecule has 2 aromatic heterocycles. The zero-order chi connectivity index (χ0) is 27.3. The fourth-order valence-corrected chi connectivity index (χ4v) is 7.09. The van der Waals surface area contributed by atoms with Crippen molar-refractivity contribution < 1.29 is 14.3 Å². The molecule has 0 spiro atoms. The van der Waals surface area contributed by atoms with E-state index in [1.54, 1.807) is 16.4 Å². The SMILES string of the molecule is CCOC(=O)C1=C(c2ccccc2)N=c2s/c(=C3/C(=O)N(C(C)C)c4ccccc43)c(=O)n2[C@H]1c1cccs1. The van der Waals surface area contributed by atoms with Crippen molar-refractivity contribution in [3.05, 3.63) is 113 Å². The van der Waals surface area contributed by atoms with Crippen molar-refractivity contribution >= 4 is 51.5 Å². The molecule has 6 rings (SSSR count). The van der Waals surface area contributed by atoms with E-state index in [-0.39, 0.29) is 24.1 Å². The maximum absolute atomic E-state index is 14.3. The fourth-order valence-electron chi connectivity index (χ4n) is 5.18. The summed E-state index contributed by atoms with van der Waals surface area (Å²) in [6.07, 6.45) is 0. The number of rotatable bonds is 5. The van der Waals surface area contributed by atoms with Crippen LogP contribution in [0.25, 0.3) is 11.3 Å². The van der Waals surface area contributed by atoms with Crippen LogP contribution in [-0.4, -0.2) is 29.1 Å². The van der Waals surface area contributed by atoms with Gasteiger partial charge in [0.25, 0.3) is 11.5 Å². The van der Waals surface area contributed by atoms with Crippen molar-refractivity contribution in [3.8, 4) is 0 Å². The summed E-state index contributed by atoms with van der Waals surface area (Å²) in [4.78, 5) is 49.3. The summed E-state index contributed by atoms with van der Waals surface area (Å²) in [6, 6.07) is 19.9. The molecule has 0 unspecified atom stereocenters. The summed E-state index contributed by atoms with van der Waals surface area (Å²) < 4.78 is 7.36. The van der Waals surface area contributed by atoms with Crippen LogP contribution in [0.3, 0.4) is 0 Å². The Morgan fingerprint density at radius 1 is 1.03 bits per heavy atom. The number of aromatic nitrogens is 1. The maximum Gasteiger partial charge on any atom is 0.338 e. The van der Waals surface area contributed by atoms with Crippen LogP contribution in [0.1, 0.15) is 42.8 Å². The van der Waals surface area contributed by atoms with Crippen molar-refractivity contribution in [2.45, 2.75) is 32.9 Å². The van der Waals surface area contributed by atoms with Crippen LogP contribution < -0.4 is 19.8 Å². The normalized spacial score (nSPS) is 17.8. The predicted molar refractivity (Wildman–Crippen MR) is 153 cm³/mol. The summed E-state index contributed by atoms with van der Waals surface area (Å²) in [5, 5.41) is 1.91. The topological polar surface area (TPSA) is 81.0 Å². The maximum atomic E-state index is 14.3. The second-order valence-electron chi connectivity index (χ2n) is 9.43.